The van der Waals surface area contributed by atoms with Crippen molar-refractivity contribution in [3.63, 3.8) is 0 Å². The first kappa shape index (κ1) is 29.8. The molecule has 0 bridgehead atoms. The molecule has 3 atom stereocenters. The lowest BCUT2D eigenvalue weighted by molar-refractivity contribution is -0.403. The number of quaternary nitrogens is 1. The molecule has 204 valence electrons. The van der Waals surface area contributed by atoms with Crippen molar-refractivity contribution in [1.82, 2.24) is 16.0 Å². The smallest absolute Gasteiger partial charge is 0.328 e. The number of amides is 3. The number of phenols is 1. The van der Waals surface area contributed by atoms with Gasteiger partial charge >= 0.3 is 11.9 Å². The van der Waals surface area contributed by atoms with Gasteiger partial charge in [-0.25, -0.2) is 4.79 Å². The van der Waals surface area contributed by atoms with Gasteiger partial charge in [-0.3, -0.25) is 19.2 Å². The Labute approximate surface area is 219 Å². The van der Waals surface area contributed by atoms with Crippen molar-refractivity contribution >= 4 is 29.7 Å². The lowest BCUT2D eigenvalue weighted by Gasteiger charge is -2.18. The lowest BCUT2D eigenvalue weighted by atomic mass is 10.1. The molecule has 12 nitrogen and oxygen atoms in total. The van der Waals surface area contributed by atoms with Crippen LogP contribution in [-0.2, 0) is 41.7 Å². The Bertz CT molecular complexity index is 1110. The zero-order valence-electron chi connectivity index (χ0n) is 21.0. The summed E-state index contributed by atoms with van der Waals surface area (Å²) in [5.41, 5.74) is 5.31. The lowest BCUT2D eigenvalue weighted by Crippen LogP contribution is -2.69. The van der Waals surface area contributed by atoms with E-state index < -0.39 is 54.3 Å². The van der Waals surface area contributed by atoms with Gasteiger partial charge in [-0.05, 0) is 36.6 Å². The second kappa shape index (κ2) is 15.0. The van der Waals surface area contributed by atoms with Crippen molar-refractivity contribution in [3.05, 3.63) is 65.7 Å². The van der Waals surface area contributed by atoms with E-state index in [1.54, 1.807) is 42.5 Å². The third kappa shape index (κ3) is 10.7. The van der Waals surface area contributed by atoms with Crippen molar-refractivity contribution in [2.75, 3.05) is 6.54 Å². The number of hydrogen-bond acceptors (Lipinski definition) is 7. The number of carbonyl (C=O) groups is 5. The zero-order chi connectivity index (χ0) is 28.1. The van der Waals surface area contributed by atoms with Crippen molar-refractivity contribution < 1.29 is 44.7 Å². The molecular weight excluding hydrogens is 496 g/mol. The minimum Gasteiger partial charge on any atom is -0.508 e. The maximum absolute atomic E-state index is 12.5. The van der Waals surface area contributed by atoms with Gasteiger partial charge in [0.25, 0.3) is 5.91 Å². The summed E-state index contributed by atoms with van der Waals surface area (Å²) >= 11 is 0. The van der Waals surface area contributed by atoms with E-state index in [4.69, 9.17) is 9.84 Å². The number of nitrogens with one attached hydrogen (secondary N) is 3. The summed E-state index contributed by atoms with van der Waals surface area (Å²) in [6.07, 6.45) is -0.279. The Balaban J connectivity index is 1.82. The summed E-state index contributed by atoms with van der Waals surface area (Å²) in [5.74, 6) is -3.69. The van der Waals surface area contributed by atoms with Crippen LogP contribution in [0.1, 0.15) is 30.9 Å². The average molecular weight is 530 g/mol. The Morgan fingerprint density at radius 2 is 1.58 bits per heavy atom. The number of esters is 1. The number of rotatable bonds is 14. The summed E-state index contributed by atoms with van der Waals surface area (Å²) in [7, 11) is 0. The van der Waals surface area contributed by atoms with Crippen LogP contribution in [0.25, 0.3) is 0 Å². The molecule has 12 heteroatoms. The Kier molecular flexibility index (Phi) is 11.7. The summed E-state index contributed by atoms with van der Waals surface area (Å²) in [6.45, 7) is 0.887. The molecule has 0 saturated heterocycles. The highest BCUT2D eigenvalue weighted by atomic mass is 16.5. The topological polar surface area (TPSA) is 199 Å². The van der Waals surface area contributed by atoms with Crippen LogP contribution in [-0.4, -0.2) is 64.5 Å². The van der Waals surface area contributed by atoms with Crippen LogP contribution in [0.5, 0.6) is 5.75 Å². The largest absolute Gasteiger partial charge is 0.508 e. The molecule has 0 radical (unpaired) electrons. The summed E-state index contributed by atoms with van der Waals surface area (Å²) in [4.78, 5) is 60.6. The summed E-state index contributed by atoms with van der Waals surface area (Å²) < 4.78 is 5.20. The molecule has 0 heterocycles. The number of aliphatic carboxylic acids is 1. The van der Waals surface area contributed by atoms with Crippen molar-refractivity contribution in [1.29, 1.82) is 0 Å². The van der Waals surface area contributed by atoms with Gasteiger partial charge in [-0.2, -0.15) is 0 Å². The van der Waals surface area contributed by atoms with E-state index >= 15 is 0 Å². The first-order valence-corrected chi connectivity index (χ1v) is 12.0. The van der Waals surface area contributed by atoms with Crippen LogP contribution in [0, 0.1) is 0 Å². The zero-order valence-corrected chi connectivity index (χ0v) is 21.0. The monoisotopic (exact) mass is 529 g/mol. The van der Waals surface area contributed by atoms with Crippen molar-refractivity contribution in [2.24, 2.45) is 0 Å². The van der Waals surface area contributed by atoms with E-state index in [1.165, 1.54) is 19.1 Å². The number of hydrogen-bond donors (Lipinski definition) is 6. The molecule has 0 aromatic heterocycles. The van der Waals surface area contributed by atoms with E-state index in [-0.39, 0.29) is 25.2 Å². The average Bonchev–Trinajstić information content (AvgIpc) is 2.89. The van der Waals surface area contributed by atoms with Gasteiger partial charge < -0.3 is 36.6 Å². The van der Waals surface area contributed by atoms with Gasteiger partial charge in [-0.1, -0.05) is 42.5 Å². The summed E-state index contributed by atoms with van der Waals surface area (Å²) in [6, 6.07) is 12.3. The van der Waals surface area contributed by atoms with Gasteiger partial charge in [0.05, 0.1) is 6.54 Å². The molecule has 0 aliphatic rings. The fourth-order valence-electron chi connectivity index (χ4n) is 3.32. The highest BCUT2D eigenvalue weighted by molar-refractivity contribution is 5.92. The number of phenolic OH excluding ortho intramolecular Hbond substituents is 1. The molecule has 3 unspecified atom stereocenters. The third-order valence-corrected chi connectivity index (χ3v) is 5.45. The molecule has 0 saturated carbocycles. The molecule has 2 rings (SSSR count). The van der Waals surface area contributed by atoms with Crippen LogP contribution in [0.15, 0.2) is 54.6 Å². The third-order valence-electron chi connectivity index (χ3n) is 5.45. The minimum atomic E-state index is -1.22. The first-order chi connectivity index (χ1) is 18.0. The van der Waals surface area contributed by atoms with Crippen LogP contribution in [0.2, 0.25) is 0 Å². The normalized spacial score (nSPS) is 12.9. The number of carbonyl (C=O) groups excluding carboxylic acids is 4. The molecule has 8 N–H and O–H groups in total. The molecule has 0 aliphatic heterocycles. The first-order valence-electron chi connectivity index (χ1n) is 12.0. The van der Waals surface area contributed by atoms with Crippen LogP contribution >= 0.6 is 0 Å². The highest BCUT2D eigenvalue weighted by Crippen LogP contribution is 2.10. The van der Waals surface area contributed by atoms with Crippen LogP contribution < -0.4 is 21.7 Å². The van der Waals surface area contributed by atoms with Gasteiger partial charge in [0.15, 0.2) is 6.04 Å². The number of carboxylic acid groups (broad SMARTS) is 1. The molecule has 0 spiro atoms. The fraction of sp³-hybridized carbons (Fsp3) is 0.346. The number of benzene rings is 2. The van der Waals surface area contributed by atoms with Crippen LogP contribution in [0.4, 0.5) is 0 Å². The number of carboxylic acids is 1. The van der Waals surface area contributed by atoms with Gasteiger partial charge in [-0.15, -0.1) is 0 Å². The maximum Gasteiger partial charge on any atom is 0.328 e. The van der Waals surface area contributed by atoms with E-state index in [0.717, 1.165) is 11.1 Å². The van der Waals surface area contributed by atoms with Crippen molar-refractivity contribution in [2.45, 2.75) is 50.9 Å². The highest BCUT2D eigenvalue weighted by Gasteiger charge is 2.25. The van der Waals surface area contributed by atoms with E-state index in [1.807, 2.05) is 0 Å². The maximum atomic E-state index is 12.5. The van der Waals surface area contributed by atoms with E-state index in [9.17, 15) is 29.1 Å². The number of ether oxygens (including phenoxy) is 1. The summed E-state index contributed by atoms with van der Waals surface area (Å²) in [5, 5.41) is 25.6. The van der Waals surface area contributed by atoms with Gasteiger partial charge in [0.2, 0.25) is 11.8 Å². The van der Waals surface area contributed by atoms with Crippen LogP contribution in [0.3, 0.4) is 0 Å². The quantitative estimate of drug-likeness (QED) is 0.172. The SMILES string of the molecule is CC(NC(=O)C([NH3+])Cc1ccc(O)cc1)C(=O)NCC(=O)NC(CCC(=O)O)C(=O)OCc1ccccc1. The standard InChI is InChI=1S/C26H32N4O8/c1-16(29-25(36)20(27)13-17-7-9-19(31)10-8-17)24(35)28-14-22(32)30-21(11-12-23(33)34)26(37)38-15-18-5-3-2-4-6-18/h2-10,16,20-21,31H,11-15,27H2,1H3,(H,28,35)(H,29,36)(H,30,32)(H,33,34)/p+1. The van der Waals surface area contributed by atoms with Gasteiger partial charge in [0.1, 0.15) is 24.4 Å². The second-order valence-corrected chi connectivity index (χ2v) is 8.66. The Morgan fingerprint density at radius 3 is 2.21 bits per heavy atom. The molecule has 0 fully saturated rings. The molecule has 2 aromatic rings. The molecule has 38 heavy (non-hydrogen) atoms. The molecule has 0 aliphatic carbocycles. The molecular formula is C26H33N4O8+. The van der Waals surface area contributed by atoms with E-state index in [2.05, 4.69) is 21.7 Å². The number of aromatic hydroxyl groups is 1. The second-order valence-electron chi connectivity index (χ2n) is 8.66. The molecule has 3 amide bonds. The van der Waals surface area contributed by atoms with E-state index in [0.29, 0.717) is 6.42 Å². The van der Waals surface area contributed by atoms with Gasteiger partial charge in [0, 0.05) is 12.8 Å². The Hall–Kier alpha value is -4.45. The predicted molar refractivity (Wildman–Crippen MR) is 134 cm³/mol. The molecule has 2 aromatic carbocycles. The predicted octanol–water partition coefficient (Wildman–Crippen LogP) is -0.741. The van der Waals surface area contributed by atoms with Crippen molar-refractivity contribution in [3.8, 4) is 5.75 Å². The Morgan fingerprint density at radius 1 is 0.921 bits per heavy atom. The minimum absolute atomic E-state index is 0.0485. The fourth-order valence-corrected chi connectivity index (χ4v) is 3.32.